The summed E-state index contributed by atoms with van der Waals surface area (Å²) in [6.07, 6.45) is 0. The molecule has 0 amide bonds. The second-order valence-corrected chi connectivity index (χ2v) is 2.77. The number of methoxy groups -OCH3 is 2. The van der Waals surface area contributed by atoms with Crippen LogP contribution in [0.2, 0.25) is 0 Å². The van der Waals surface area contributed by atoms with Crippen LogP contribution in [0.5, 0.6) is 0 Å². The zero-order valence-electron chi connectivity index (χ0n) is 8.09. The predicted octanol–water partition coefficient (Wildman–Crippen LogP) is 1.59. The van der Waals surface area contributed by atoms with Crippen molar-refractivity contribution in [3.05, 3.63) is 12.3 Å². The zero-order chi connectivity index (χ0) is 9.72. The second kappa shape index (κ2) is 4.80. The van der Waals surface area contributed by atoms with Crippen LogP contribution in [0.1, 0.15) is 13.8 Å². The van der Waals surface area contributed by atoms with Gasteiger partial charge in [-0.05, 0) is 0 Å². The quantitative estimate of drug-likeness (QED) is 0.477. The van der Waals surface area contributed by atoms with Crippen LogP contribution in [-0.4, -0.2) is 20.2 Å². The fraction of sp³-hybridized carbons (Fsp3) is 0.667. The third kappa shape index (κ3) is 2.57. The topological polar surface area (TPSA) is 35.5 Å². The summed E-state index contributed by atoms with van der Waals surface area (Å²) in [7, 11) is 2.92. The van der Waals surface area contributed by atoms with Gasteiger partial charge < -0.3 is 9.47 Å². The zero-order valence-corrected chi connectivity index (χ0v) is 8.09. The standard InChI is InChI=1S/C9H16O3/c1-6(8(3)11-4)7(2)9(10)12-5/h6-7H,3H2,1-2,4-5H3. The first-order valence-corrected chi connectivity index (χ1v) is 3.85. The molecule has 0 fully saturated rings. The number of rotatable bonds is 4. The van der Waals surface area contributed by atoms with E-state index >= 15 is 0 Å². The van der Waals surface area contributed by atoms with Crippen LogP contribution < -0.4 is 0 Å². The third-order valence-corrected chi connectivity index (χ3v) is 2.09. The molecule has 2 unspecified atom stereocenters. The lowest BCUT2D eigenvalue weighted by Gasteiger charge is -2.18. The number of hydrogen-bond donors (Lipinski definition) is 0. The highest BCUT2D eigenvalue weighted by atomic mass is 16.5. The number of allylic oxidation sites excluding steroid dienone is 1. The van der Waals surface area contributed by atoms with Gasteiger partial charge in [-0.1, -0.05) is 20.4 Å². The highest BCUT2D eigenvalue weighted by Gasteiger charge is 2.23. The van der Waals surface area contributed by atoms with Crippen molar-refractivity contribution >= 4 is 5.97 Å². The number of ether oxygens (including phenoxy) is 2. The molecule has 0 aromatic carbocycles. The Morgan fingerprint density at radius 1 is 1.17 bits per heavy atom. The summed E-state index contributed by atoms with van der Waals surface area (Å²) in [6.45, 7) is 7.36. The lowest BCUT2D eigenvalue weighted by molar-refractivity contribution is -0.146. The summed E-state index contributed by atoms with van der Waals surface area (Å²) in [6, 6.07) is 0. The lowest BCUT2D eigenvalue weighted by Crippen LogP contribution is -2.21. The Morgan fingerprint density at radius 3 is 2.00 bits per heavy atom. The van der Waals surface area contributed by atoms with Gasteiger partial charge in [-0.25, -0.2) is 0 Å². The number of hydrogen-bond acceptors (Lipinski definition) is 3. The molecule has 0 aliphatic carbocycles. The summed E-state index contributed by atoms with van der Waals surface area (Å²) >= 11 is 0. The van der Waals surface area contributed by atoms with Crippen molar-refractivity contribution in [2.45, 2.75) is 13.8 Å². The average molecular weight is 172 g/mol. The smallest absolute Gasteiger partial charge is 0.309 e. The molecule has 0 rings (SSSR count). The molecule has 0 heterocycles. The van der Waals surface area contributed by atoms with E-state index in [4.69, 9.17) is 4.74 Å². The minimum absolute atomic E-state index is 0.0116. The van der Waals surface area contributed by atoms with Crippen LogP contribution in [0.25, 0.3) is 0 Å². The molecule has 0 N–H and O–H groups in total. The van der Waals surface area contributed by atoms with Gasteiger partial charge in [0, 0.05) is 5.92 Å². The van der Waals surface area contributed by atoms with Gasteiger partial charge in [0.1, 0.15) is 0 Å². The van der Waals surface area contributed by atoms with Crippen LogP contribution >= 0.6 is 0 Å². The number of carbonyl (C=O) groups is 1. The summed E-state index contributed by atoms with van der Waals surface area (Å²) in [4.78, 5) is 11.1. The maximum absolute atomic E-state index is 11.1. The molecule has 0 saturated carbocycles. The largest absolute Gasteiger partial charge is 0.501 e. The van der Waals surface area contributed by atoms with Crippen LogP contribution in [0, 0.1) is 11.8 Å². The Hall–Kier alpha value is -0.990. The van der Waals surface area contributed by atoms with E-state index in [2.05, 4.69) is 11.3 Å². The summed E-state index contributed by atoms with van der Waals surface area (Å²) in [5, 5.41) is 0. The highest BCUT2D eigenvalue weighted by molar-refractivity contribution is 5.72. The molecular weight excluding hydrogens is 156 g/mol. The maximum Gasteiger partial charge on any atom is 0.309 e. The van der Waals surface area contributed by atoms with Crippen LogP contribution in [0.15, 0.2) is 12.3 Å². The Labute approximate surface area is 73.4 Å². The molecular formula is C9H16O3. The first-order chi connectivity index (χ1) is 5.54. The average Bonchev–Trinajstić information content (AvgIpc) is 2.12. The molecule has 3 heteroatoms. The van der Waals surface area contributed by atoms with Crippen molar-refractivity contribution in [3.8, 4) is 0 Å². The van der Waals surface area contributed by atoms with Gasteiger partial charge >= 0.3 is 5.97 Å². The van der Waals surface area contributed by atoms with Crippen LogP contribution in [0.3, 0.4) is 0 Å². The fourth-order valence-corrected chi connectivity index (χ4v) is 0.855. The van der Waals surface area contributed by atoms with E-state index in [1.807, 2.05) is 6.92 Å². The molecule has 70 valence electrons. The molecule has 0 bridgehead atoms. The minimum atomic E-state index is -0.235. The van der Waals surface area contributed by atoms with Crippen molar-refractivity contribution in [2.75, 3.05) is 14.2 Å². The molecule has 0 saturated heterocycles. The molecule has 0 spiro atoms. The monoisotopic (exact) mass is 172 g/mol. The Kier molecular flexibility index (Phi) is 4.40. The van der Waals surface area contributed by atoms with Crippen molar-refractivity contribution in [1.29, 1.82) is 0 Å². The molecule has 3 nitrogen and oxygen atoms in total. The number of carbonyl (C=O) groups excluding carboxylic acids is 1. The molecule has 0 aromatic rings. The fourth-order valence-electron chi connectivity index (χ4n) is 0.855. The van der Waals surface area contributed by atoms with E-state index in [0.717, 1.165) is 0 Å². The van der Waals surface area contributed by atoms with Crippen molar-refractivity contribution in [3.63, 3.8) is 0 Å². The van der Waals surface area contributed by atoms with Crippen molar-refractivity contribution in [2.24, 2.45) is 11.8 Å². The predicted molar refractivity (Wildman–Crippen MR) is 46.5 cm³/mol. The third-order valence-electron chi connectivity index (χ3n) is 2.09. The van der Waals surface area contributed by atoms with Gasteiger partial charge in [0.2, 0.25) is 0 Å². The van der Waals surface area contributed by atoms with Crippen molar-refractivity contribution < 1.29 is 14.3 Å². The lowest BCUT2D eigenvalue weighted by atomic mass is 9.95. The van der Waals surface area contributed by atoms with E-state index < -0.39 is 0 Å². The maximum atomic E-state index is 11.1. The molecule has 0 radical (unpaired) electrons. The van der Waals surface area contributed by atoms with Crippen LogP contribution in [-0.2, 0) is 14.3 Å². The highest BCUT2D eigenvalue weighted by Crippen LogP contribution is 2.19. The van der Waals surface area contributed by atoms with Gasteiger partial charge in [-0.15, -0.1) is 0 Å². The molecule has 2 atom stereocenters. The summed E-state index contributed by atoms with van der Waals surface area (Å²) in [5.74, 6) is 0.151. The Bertz CT molecular complexity index is 155. The minimum Gasteiger partial charge on any atom is -0.501 e. The van der Waals surface area contributed by atoms with E-state index in [1.165, 1.54) is 7.11 Å². The Morgan fingerprint density at radius 2 is 1.67 bits per heavy atom. The van der Waals surface area contributed by atoms with Crippen molar-refractivity contribution in [1.82, 2.24) is 0 Å². The first kappa shape index (κ1) is 11.0. The van der Waals surface area contributed by atoms with E-state index in [9.17, 15) is 4.79 Å². The summed E-state index contributed by atoms with van der Waals surface area (Å²) < 4.78 is 9.52. The van der Waals surface area contributed by atoms with E-state index in [1.54, 1.807) is 14.0 Å². The molecule has 0 aromatic heterocycles. The normalized spacial score (nSPS) is 14.7. The second-order valence-electron chi connectivity index (χ2n) is 2.77. The molecule has 12 heavy (non-hydrogen) atoms. The number of esters is 1. The van der Waals surface area contributed by atoms with Gasteiger partial charge in [-0.3, -0.25) is 4.79 Å². The first-order valence-electron chi connectivity index (χ1n) is 3.85. The van der Waals surface area contributed by atoms with Gasteiger partial charge in [0.05, 0.1) is 25.9 Å². The SMILES string of the molecule is C=C(OC)C(C)C(C)C(=O)OC. The summed E-state index contributed by atoms with van der Waals surface area (Å²) in [5.41, 5.74) is 0. The molecule has 0 aliphatic rings. The Balaban J connectivity index is 4.18. The van der Waals surface area contributed by atoms with E-state index in [-0.39, 0.29) is 17.8 Å². The van der Waals surface area contributed by atoms with Gasteiger partial charge in [0.15, 0.2) is 0 Å². The van der Waals surface area contributed by atoms with Crippen LogP contribution in [0.4, 0.5) is 0 Å². The molecule has 0 aliphatic heterocycles. The van der Waals surface area contributed by atoms with E-state index in [0.29, 0.717) is 5.76 Å². The van der Waals surface area contributed by atoms with Gasteiger partial charge in [0.25, 0.3) is 0 Å². The van der Waals surface area contributed by atoms with Gasteiger partial charge in [-0.2, -0.15) is 0 Å².